The second kappa shape index (κ2) is 11.9. The van der Waals surface area contributed by atoms with Gasteiger partial charge in [-0.05, 0) is 49.6 Å². The highest BCUT2D eigenvalue weighted by atomic mass is 35.5. The van der Waals surface area contributed by atoms with Crippen molar-refractivity contribution in [2.45, 2.75) is 63.1 Å². The largest absolute Gasteiger partial charge is 0.354 e. The van der Waals surface area contributed by atoms with E-state index in [9.17, 15) is 14.0 Å². The summed E-state index contributed by atoms with van der Waals surface area (Å²) >= 11 is 6.67. The molecule has 1 N–H and O–H groups in total. The Kier molecular flexibility index (Phi) is 8.17. The zero-order chi connectivity index (χ0) is 26.5. The third kappa shape index (κ3) is 5.80. The Morgan fingerprint density at radius 2 is 1.82 bits per heavy atom. The third-order valence-electron chi connectivity index (χ3n) is 7.35. The van der Waals surface area contributed by atoms with Crippen LogP contribution in [0.1, 0.15) is 56.6 Å². The lowest BCUT2D eigenvalue weighted by atomic mass is 9.94. The van der Waals surface area contributed by atoms with Gasteiger partial charge in [0.1, 0.15) is 11.9 Å². The number of benzene rings is 2. The average Bonchev–Trinajstić information content (AvgIpc) is 3.30. The van der Waals surface area contributed by atoms with E-state index in [1.165, 1.54) is 18.6 Å². The highest BCUT2D eigenvalue weighted by Crippen LogP contribution is 2.35. The molecule has 2 unspecified atom stereocenters. The molecule has 5 rings (SSSR count). The predicted octanol–water partition coefficient (Wildman–Crippen LogP) is 5.46. The lowest BCUT2D eigenvalue weighted by Gasteiger charge is -2.38. The summed E-state index contributed by atoms with van der Waals surface area (Å²) < 4.78 is 14.5. The van der Waals surface area contributed by atoms with Crippen molar-refractivity contribution < 1.29 is 14.0 Å². The fourth-order valence-electron chi connectivity index (χ4n) is 5.52. The summed E-state index contributed by atoms with van der Waals surface area (Å²) in [6, 6.07) is 14.1. The van der Waals surface area contributed by atoms with Gasteiger partial charge in [-0.25, -0.2) is 14.4 Å². The van der Waals surface area contributed by atoms with Crippen LogP contribution in [0.3, 0.4) is 0 Å². The lowest BCUT2D eigenvalue weighted by Crippen LogP contribution is -2.49. The van der Waals surface area contributed by atoms with Crippen molar-refractivity contribution >= 4 is 35.1 Å². The number of hydrogen-bond donors (Lipinski definition) is 1. The van der Waals surface area contributed by atoms with Crippen molar-refractivity contribution in [1.82, 2.24) is 15.3 Å². The van der Waals surface area contributed by atoms with Gasteiger partial charge in [0.15, 0.2) is 0 Å². The second-order valence-corrected chi connectivity index (χ2v) is 10.3. The number of halogens is 2. The first-order valence-corrected chi connectivity index (χ1v) is 13.5. The highest BCUT2D eigenvalue weighted by molar-refractivity contribution is 6.31. The number of anilines is 2. The van der Waals surface area contributed by atoms with Crippen LogP contribution in [0.4, 0.5) is 16.0 Å². The fraction of sp³-hybridized carbons (Fsp3) is 0.379. The van der Waals surface area contributed by atoms with E-state index < -0.39 is 11.9 Å². The maximum absolute atomic E-state index is 14.5. The molecule has 9 heteroatoms. The van der Waals surface area contributed by atoms with E-state index in [0.717, 1.165) is 25.7 Å². The maximum atomic E-state index is 14.5. The molecular weight excluding hydrogens is 505 g/mol. The number of aromatic nitrogens is 2. The summed E-state index contributed by atoms with van der Waals surface area (Å²) in [5.41, 5.74) is 1.15. The SMILES string of the molecule is O=C(NC1CCCCC1)C(c1ccccc1Cl)N(CC1CCC(=O)N1c1ncccn1)c1cccc(F)c1. The van der Waals surface area contributed by atoms with Gasteiger partial charge in [0.05, 0.1) is 6.04 Å². The maximum Gasteiger partial charge on any atom is 0.247 e. The van der Waals surface area contributed by atoms with Crippen LogP contribution >= 0.6 is 11.6 Å². The Labute approximate surface area is 227 Å². The van der Waals surface area contributed by atoms with Gasteiger partial charge >= 0.3 is 0 Å². The molecule has 198 valence electrons. The molecule has 1 aliphatic heterocycles. The van der Waals surface area contributed by atoms with E-state index in [2.05, 4.69) is 15.3 Å². The molecule has 7 nitrogen and oxygen atoms in total. The topological polar surface area (TPSA) is 78.4 Å². The zero-order valence-corrected chi connectivity index (χ0v) is 21.9. The standard InChI is InChI=1S/C29H31ClFN5O2/c30-25-13-5-4-12-24(25)27(28(38)34-21-9-2-1-3-10-21)35(22-11-6-8-20(31)18-22)19-23-14-15-26(37)36(23)29-32-16-7-17-33-29/h4-8,11-13,16-18,21,23,27H,1-3,9-10,14-15,19H2,(H,34,38). The number of hydrogen-bond acceptors (Lipinski definition) is 5. The molecule has 2 fully saturated rings. The van der Waals surface area contributed by atoms with Crippen molar-refractivity contribution in [1.29, 1.82) is 0 Å². The van der Waals surface area contributed by atoms with E-state index in [1.807, 2.05) is 23.1 Å². The smallest absolute Gasteiger partial charge is 0.247 e. The van der Waals surface area contributed by atoms with Crippen LogP contribution in [0.25, 0.3) is 0 Å². The van der Waals surface area contributed by atoms with Crippen LogP contribution < -0.4 is 15.1 Å². The minimum absolute atomic E-state index is 0.0814. The molecule has 2 aromatic carbocycles. The van der Waals surface area contributed by atoms with Gasteiger partial charge in [-0.3, -0.25) is 14.5 Å². The third-order valence-corrected chi connectivity index (χ3v) is 7.70. The molecule has 2 amide bonds. The first-order chi connectivity index (χ1) is 18.5. The minimum Gasteiger partial charge on any atom is -0.354 e. The minimum atomic E-state index is -0.832. The van der Waals surface area contributed by atoms with E-state index in [4.69, 9.17) is 11.6 Å². The van der Waals surface area contributed by atoms with Crippen LogP contribution in [0.2, 0.25) is 5.02 Å². The molecule has 0 radical (unpaired) electrons. The molecule has 38 heavy (non-hydrogen) atoms. The van der Waals surface area contributed by atoms with Crippen molar-refractivity contribution in [3.8, 4) is 0 Å². The van der Waals surface area contributed by atoms with Crippen LogP contribution in [0, 0.1) is 5.82 Å². The number of nitrogens with one attached hydrogen (secondary N) is 1. The zero-order valence-electron chi connectivity index (χ0n) is 21.1. The molecule has 1 saturated carbocycles. The summed E-state index contributed by atoms with van der Waals surface area (Å²) in [5, 5.41) is 3.70. The second-order valence-electron chi connectivity index (χ2n) is 9.90. The average molecular weight is 536 g/mol. The number of nitrogens with zero attached hydrogens (tertiary/aromatic N) is 4. The van der Waals surface area contributed by atoms with E-state index in [-0.39, 0.29) is 30.4 Å². The molecule has 0 bridgehead atoms. The Bertz CT molecular complexity index is 1270. The molecule has 0 spiro atoms. The molecule has 1 aliphatic carbocycles. The van der Waals surface area contributed by atoms with Gasteiger partial charge in [0.25, 0.3) is 0 Å². The van der Waals surface area contributed by atoms with Crippen LogP contribution in [0.5, 0.6) is 0 Å². The van der Waals surface area contributed by atoms with Gasteiger partial charge < -0.3 is 10.2 Å². The van der Waals surface area contributed by atoms with Crippen LogP contribution in [0.15, 0.2) is 67.0 Å². The van der Waals surface area contributed by atoms with Gasteiger partial charge in [-0.2, -0.15) is 0 Å². The fourth-order valence-corrected chi connectivity index (χ4v) is 5.76. The van der Waals surface area contributed by atoms with Gasteiger partial charge in [0, 0.05) is 47.7 Å². The summed E-state index contributed by atoms with van der Waals surface area (Å²) in [4.78, 5) is 39.0. The highest BCUT2D eigenvalue weighted by Gasteiger charge is 2.39. The lowest BCUT2D eigenvalue weighted by molar-refractivity contribution is -0.123. The number of carbonyl (C=O) groups excluding carboxylic acids is 2. The molecular formula is C29H31ClFN5O2. The Hall–Kier alpha value is -3.52. The van der Waals surface area contributed by atoms with Crippen molar-refractivity contribution in [2.24, 2.45) is 0 Å². The predicted molar refractivity (Wildman–Crippen MR) is 145 cm³/mol. The quantitative estimate of drug-likeness (QED) is 0.414. The van der Waals surface area contributed by atoms with E-state index >= 15 is 0 Å². The van der Waals surface area contributed by atoms with Gasteiger partial charge in [0.2, 0.25) is 17.8 Å². The normalized spacial score (nSPS) is 18.8. The number of amides is 2. The number of rotatable bonds is 8. The van der Waals surface area contributed by atoms with Crippen LogP contribution in [-0.4, -0.2) is 40.4 Å². The van der Waals surface area contributed by atoms with Crippen molar-refractivity contribution in [3.63, 3.8) is 0 Å². The summed E-state index contributed by atoms with van der Waals surface area (Å²) in [6.07, 6.45) is 9.26. The van der Waals surface area contributed by atoms with Crippen molar-refractivity contribution in [2.75, 3.05) is 16.3 Å². The monoisotopic (exact) mass is 535 g/mol. The van der Waals surface area contributed by atoms with Crippen LogP contribution in [-0.2, 0) is 9.59 Å². The molecule has 2 aliphatic rings. The molecule has 1 saturated heterocycles. The Morgan fingerprint density at radius 3 is 2.55 bits per heavy atom. The van der Waals surface area contributed by atoms with E-state index in [1.54, 1.807) is 41.6 Å². The molecule has 3 aromatic rings. The summed E-state index contributed by atoms with van der Waals surface area (Å²) in [7, 11) is 0. The summed E-state index contributed by atoms with van der Waals surface area (Å²) in [5.74, 6) is -0.369. The van der Waals surface area contributed by atoms with E-state index in [0.29, 0.717) is 35.1 Å². The Balaban J connectivity index is 1.55. The first kappa shape index (κ1) is 26.1. The Morgan fingerprint density at radius 1 is 1.05 bits per heavy atom. The first-order valence-electron chi connectivity index (χ1n) is 13.2. The van der Waals surface area contributed by atoms with Gasteiger partial charge in [-0.1, -0.05) is 55.1 Å². The number of carbonyl (C=O) groups is 2. The van der Waals surface area contributed by atoms with Crippen molar-refractivity contribution in [3.05, 3.63) is 83.4 Å². The molecule has 2 atom stereocenters. The molecule has 1 aromatic heterocycles. The molecule has 2 heterocycles. The van der Waals surface area contributed by atoms with Gasteiger partial charge in [-0.15, -0.1) is 0 Å². The summed E-state index contributed by atoms with van der Waals surface area (Å²) in [6.45, 7) is 0.265.